The lowest BCUT2D eigenvalue weighted by Crippen LogP contribution is -2.47. The Morgan fingerprint density at radius 3 is 2.14 bits per heavy atom. The first-order chi connectivity index (χ1) is 10.1. The van der Waals surface area contributed by atoms with Gasteiger partial charge >= 0.3 is 0 Å². The molecule has 130 valence electrons. The maximum Gasteiger partial charge on any atom is 0.227 e. The van der Waals surface area contributed by atoms with Crippen LogP contribution < -0.4 is 16.4 Å². The molecule has 0 bridgehead atoms. The first-order valence-electron chi connectivity index (χ1n) is 8.33. The highest BCUT2D eigenvalue weighted by Gasteiger charge is 2.32. The molecule has 6 heteroatoms. The highest BCUT2D eigenvalue weighted by atomic mass is 35.5. The van der Waals surface area contributed by atoms with Crippen LogP contribution in [0.3, 0.4) is 0 Å². The van der Waals surface area contributed by atoms with E-state index in [0.29, 0.717) is 32.0 Å². The maximum absolute atomic E-state index is 12.2. The van der Waals surface area contributed by atoms with Gasteiger partial charge in [0.05, 0.1) is 5.41 Å². The first-order valence-corrected chi connectivity index (χ1v) is 8.33. The number of nitrogens with one attached hydrogen (secondary N) is 2. The van der Waals surface area contributed by atoms with Gasteiger partial charge in [-0.25, -0.2) is 0 Å². The molecule has 1 aliphatic rings. The van der Waals surface area contributed by atoms with Gasteiger partial charge in [0.1, 0.15) is 0 Å². The van der Waals surface area contributed by atoms with Gasteiger partial charge < -0.3 is 16.4 Å². The highest BCUT2D eigenvalue weighted by Crippen LogP contribution is 2.27. The minimum Gasteiger partial charge on any atom is -0.354 e. The number of rotatable bonds is 9. The van der Waals surface area contributed by atoms with Crippen molar-refractivity contribution in [1.82, 2.24) is 10.6 Å². The Labute approximate surface area is 140 Å². The summed E-state index contributed by atoms with van der Waals surface area (Å²) in [5, 5.41) is 5.78. The van der Waals surface area contributed by atoms with Crippen molar-refractivity contribution in [2.45, 2.75) is 58.8 Å². The molecule has 0 aromatic heterocycles. The molecule has 0 saturated heterocycles. The summed E-state index contributed by atoms with van der Waals surface area (Å²) in [5.41, 5.74) is 5.28. The Bertz CT molecular complexity index is 332. The molecule has 0 heterocycles. The van der Waals surface area contributed by atoms with Crippen LogP contribution in [-0.2, 0) is 9.59 Å². The Balaban J connectivity index is 0.00000441. The van der Waals surface area contributed by atoms with Crippen molar-refractivity contribution in [3.63, 3.8) is 0 Å². The van der Waals surface area contributed by atoms with Crippen LogP contribution in [0.5, 0.6) is 0 Å². The van der Waals surface area contributed by atoms with E-state index in [1.807, 2.05) is 13.8 Å². The predicted molar refractivity (Wildman–Crippen MR) is 91.9 cm³/mol. The third-order valence-electron chi connectivity index (χ3n) is 4.91. The van der Waals surface area contributed by atoms with Gasteiger partial charge in [0.15, 0.2) is 0 Å². The SMILES string of the molecule is CCC(CC)(CN)C(=O)NCCNC(=O)CC1CCCC1.Cl. The molecule has 0 aromatic carbocycles. The van der Waals surface area contributed by atoms with Gasteiger partial charge in [0, 0.05) is 26.1 Å². The largest absolute Gasteiger partial charge is 0.354 e. The van der Waals surface area contributed by atoms with Gasteiger partial charge in [-0.3, -0.25) is 9.59 Å². The molecule has 22 heavy (non-hydrogen) atoms. The van der Waals surface area contributed by atoms with Crippen molar-refractivity contribution in [2.75, 3.05) is 19.6 Å². The average molecular weight is 334 g/mol. The summed E-state index contributed by atoms with van der Waals surface area (Å²) in [4.78, 5) is 23.9. The smallest absolute Gasteiger partial charge is 0.227 e. The topological polar surface area (TPSA) is 84.2 Å². The maximum atomic E-state index is 12.2. The van der Waals surface area contributed by atoms with E-state index < -0.39 is 5.41 Å². The Hall–Kier alpha value is -0.810. The van der Waals surface area contributed by atoms with Crippen molar-refractivity contribution >= 4 is 24.2 Å². The summed E-state index contributed by atoms with van der Waals surface area (Å²) >= 11 is 0. The van der Waals surface area contributed by atoms with E-state index in [1.165, 1.54) is 25.7 Å². The summed E-state index contributed by atoms with van der Waals surface area (Å²) in [6, 6.07) is 0. The van der Waals surface area contributed by atoms with Crippen LogP contribution in [0.1, 0.15) is 58.8 Å². The molecule has 0 spiro atoms. The second-order valence-corrected chi connectivity index (χ2v) is 6.15. The molecular weight excluding hydrogens is 302 g/mol. The summed E-state index contributed by atoms with van der Waals surface area (Å²) in [6.45, 7) is 5.29. The molecule has 0 aliphatic heterocycles. The zero-order valence-electron chi connectivity index (χ0n) is 14.0. The Kier molecular flexibility index (Phi) is 10.4. The lowest BCUT2D eigenvalue weighted by molar-refractivity contribution is -0.131. The number of carbonyl (C=O) groups is 2. The molecule has 5 nitrogen and oxygen atoms in total. The van der Waals surface area contributed by atoms with Gasteiger partial charge in [-0.2, -0.15) is 0 Å². The normalized spacial score (nSPS) is 15.2. The van der Waals surface area contributed by atoms with E-state index in [2.05, 4.69) is 10.6 Å². The molecule has 1 saturated carbocycles. The Morgan fingerprint density at radius 2 is 1.64 bits per heavy atom. The van der Waals surface area contributed by atoms with E-state index >= 15 is 0 Å². The third kappa shape index (κ3) is 6.13. The van der Waals surface area contributed by atoms with E-state index in [9.17, 15) is 9.59 Å². The molecule has 0 unspecified atom stereocenters. The van der Waals surface area contributed by atoms with Crippen LogP contribution in [0.25, 0.3) is 0 Å². The molecule has 1 rings (SSSR count). The summed E-state index contributed by atoms with van der Waals surface area (Å²) in [7, 11) is 0. The molecule has 4 N–H and O–H groups in total. The number of hydrogen-bond donors (Lipinski definition) is 3. The molecule has 2 amide bonds. The molecule has 1 aliphatic carbocycles. The van der Waals surface area contributed by atoms with Gasteiger partial charge in [-0.1, -0.05) is 26.7 Å². The van der Waals surface area contributed by atoms with Crippen LogP contribution >= 0.6 is 12.4 Å². The van der Waals surface area contributed by atoms with E-state index in [0.717, 1.165) is 12.8 Å². The van der Waals surface area contributed by atoms with Crippen LogP contribution in [0.4, 0.5) is 0 Å². The monoisotopic (exact) mass is 333 g/mol. The number of amides is 2. The van der Waals surface area contributed by atoms with Crippen molar-refractivity contribution in [2.24, 2.45) is 17.1 Å². The number of hydrogen-bond acceptors (Lipinski definition) is 3. The highest BCUT2D eigenvalue weighted by molar-refractivity contribution is 5.85. The lowest BCUT2D eigenvalue weighted by Gasteiger charge is -2.28. The summed E-state index contributed by atoms with van der Waals surface area (Å²) in [5.74, 6) is 0.664. The second kappa shape index (κ2) is 10.8. The van der Waals surface area contributed by atoms with Crippen molar-refractivity contribution in [1.29, 1.82) is 0 Å². The summed E-state index contributed by atoms with van der Waals surface area (Å²) < 4.78 is 0. The predicted octanol–water partition coefficient (Wildman–Crippen LogP) is 1.99. The van der Waals surface area contributed by atoms with Gasteiger partial charge in [0.2, 0.25) is 11.8 Å². The van der Waals surface area contributed by atoms with Crippen LogP contribution in [0.2, 0.25) is 0 Å². The minimum atomic E-state index is -0.464. The standard InChI is InChI=1S/C16H31N3O2.ClH/c1-3-16(4-2,12-17)15(21)19-10-9-18-14(20)11-13-7-5-6-8-13;/h13H,3-12,17H2,1-2H3,(H,18,20)(H,19,21);1H. The van der Waals surface area contributed by atoms with Gasteiger partial charge in [-0.05, 0) is 31.6 Å². The molecule has 0 radical (unpaired) electrons. The molecule has 1 fully saturated rings. The van der Waals surface area contributed by atoms with Crippen molar-refractivity contribution in [3.8, 4) is 0 Å². The average Bonchev–Trinajstić information content (AvgIpc) is 2.99. The number of halogens is 1. The van der Waals surface area contributed by atoms with Crippen LogP contribution in [0, 0.1) is 11.3 Å². The summed E-state index contributed by atoms with van der Waals surface area (Å²) in [6.07, 6.45) is 6.96. The van der Waals surface area contributed by atoms with E-state index in [1.54, 1.807) is 0 Å². The number of nitrogens with two attached hydrogens (primary N) is 1. The number of carbonyl (C=O) groups excluding carboxylic acids is 2. The fourth-order valence-corrected chi connectivity index (χ4v) is 3.07. The van der Waals surface area contributed by atoms with Crippen LogP contribution in [-0.4, -0.2) is 31.4 Å². The van der Waals surface area contributed by atoms with E-state index in [-0.39, 0.29) is 24.2 Å². The quantitative estimate of drug-likeness (QED) is 0.564. The fourth-order valence-electron chi connectivity index (χ4n) is 3.07. The third-order valence-corrected chi connectivity index (χ3v) is 4.91. The van der Waals surface area contributed by atoms with Crippen molar-refractivity contribution < 1.29 is 9.59 Å². The first kappa shape index (κ1) is 21.2. The molecule has 0 aromatic rings. The van der Waals surface area contributed by atoms with Crippen molar-refractivity contribution in [3.05, 3.63) is 0 Å². The van der Waals surface area contributed by atoms with E-state index in [4.69, 9.17) is 5.73 Å². The Morgan fingerprint density at radius 1 is 1.09 bits per heavy atom. The minimum absolute atomic E-state index is 0. The molecule has 0 atom stereocenters. The zero-order chi connectivity index (χ0) is 15.7. The second-order valence-electron chi connectivity index (χ2n) is 6.15. The lowest BCUT2D eigenvalue weighted by atomic mass is 9.81. The fraction of sp³-hybridized carbons (Fsp3) is 0.875. The van der Waals surface area contributed by atoms with Gasteiger partial charge in [0.25, 0.3) is 0 Å². The zero-order valence-corrected chi connectivity index (χ0v) is 14.8. The molecular formula is C16H32ClN3O2. The van der Waals surface area contributed by atoms with Crippen LogP contribution in [0.15, 0.2) is 0 Å². The van der Waals surface area contributed by atoms with Gasteiger partial charge in [-0.15, -0.1) is 12.4 Å².